The van der Waals surface area contributed by atoms with Gasteiger partial charge in [-0.05, 0) is 105 Å². The molecule has 24 heteroatoms. The van der Waals surface area contributed by atoms with Crippen LogP contribution in [0.2, 0.25) is 0 Å². The van der Waals surface area contributed by atoms with E-state index in [-0.39, 0.29) is 11.5 Å². The van der Waals surface area contributed by atoms with Gasteiger partial charge in [0.15, 0.2) is 0 Å². The highest BCUT2D eigenvalue weighted by molar-refractivity contribution is 7.86. The summed E-state index contributed by atoms with van der Waals surface area (Å²) in [5.41, 5.74) is 18.3. The molecular formula is C68H70N8O12S4. The minimum atomic E-state index is -3.97. The first-order valence-electron chi connectivity index (χ1n) is 29.3. The highest BCUT2D eigenvalue weighted by Crippen LogP contribution is 2.37. The van der Waals surface area contributed by atoms with Crippen molar-refractivity contribution >= 4 is 84.6 Å². The first-order chi connectivity index (χ1) is 43.7. The summed E-state index contributed by atoms with van der Waals surface area (Å²) in [6, 6.07) is 65.1. The molecule has 4 N–H and O–H groups in total. The average molecular weight is 1320 g/mol. The summed E-state index contributed by atoms with van der Waals surface area (Å²) < 4.78 is 118. The molecule has 4 heterocycles. The largest absolute Gasteiger partial charge is 0.328 e. The van der Waals surface area contributed by atoms with E-state index >= 15 is 0 Å². The quantitative estimate of drug-likeness (QED) is 0.0516. The minimum absolute atomic E-state index is 0.208. The smallest absolute Gasteiger partial charge is 0.264 e. The molecule has 92 heavy (non-hydrogen) atoms. The summed E-state index contributed by atoms with van der Waals surface area (Å²) in [6.07, 6.45) is 3.49. The van der Waals surface area contributed by atoms with Gasteiger partial charge >= 0.3 is 0 Å². The van der Waals surface area contributed by atoms with Crippen LogP contribution in [0, 0.1) is 13.8 Å². The maximum atomic E-state index is 11.2. The molecule has 4 aromatic heterocycles. The minimum Gasteiger partial charge on any atom is -0.328 e. The monoisotopic (exact) mass is 1320 g/mol. The molecule has 0 aliphatic carbocycles. The second-order valence-electron chi connectivity index (χ2n) is 21.3. The molecule has 478 valence electrons. The van der Waals surface area contributed by atoms with Crippen LogP contribution in [0.25, 0.3) is 112 Å². The summed E-state index contributed by atoms with van der Waals surface area (Å²) in [5.74, 6) is 1.27. The fourth-order valence-corrected chi connectivity index (χ4v) is 11.2. The average Bonchev–Trinajstić information content (AvgIpc) is 1.64. The zero-order valence-corrected chi connectivity index (χ0v) is 54.7. The number of fused-ring (bicyclic) bond motifs is 4. The molecule has 0 unspecified atom stereocenters. The molecule has 0 fully saturated rings. The fraction of sp³-hybridized carbons (Fsp3) is 0.206. The molecule has 0 saturated heterocycles. The van der Waals surface area contributed by atoms with Gasteiger partial charge in [-0.1, -0.05) is 159 Å². The zero-order chi connectivity index (χ0) is 66.4. The number of aryl methyl sites for hydroxylation is 4. The van der Waals surface area contributed by atoms with E-state index in [0.717, 1.165) is 123 Å². The predicted molar refractivity (Wildman–Crippen MR) is 365 cm³/mol. The van der Waals surface area contributed by atoms with Crippen LogP contribution >= 0.6 is 0 Å². The Hall–Kier alpha value is -8.98. The van der Waals surface area contributed by atoms with Crippen LogP contribution in [-0.4, -0.2) is 115 Å². The molecule has 0 atom stereocenters. The van der Waals surface area contributed by atoms with Gasteiger partial charge in [-0.25, -0.2) is 29.9 Å². The number of aromatic nitrogens is 8. The van der Waals surface area contributed by atoms with Crippen LogP contribution in [0.4, 0.5) is 0 Å². The van der Waals surface area contributed by atoms with E-state index in [1.54, 1.807) is 0 Å². The summed E-state index contributed by atoms with van der Waals surface area (Å²) >= 11 is 0. The van der Waals surface area contributed by atoms with E-state index in [4.69, 9.17) is 48.1 Å². The Bertz CT molecular complexity index is 4960. The van der Waals surface area contributed by atoms with Gasteiger partial charge in [0.2, 0.25) is 0 Å². The standard InChI is InChI=1S/C47H38N6O3S.C17H18N2O3S.C2H6.2CH4O3S/c1-30-15-22-38-40(27-30)51-44(32-11-5-3-6-12-32)46(49-38)34-16-18-35(19-17-34)47-45(33-13-7-4-8-14-33)52-41-28-36(20-23-39(41)50-47)37-21-24-43-42(29-37)48-31(2)53(43)25-9-10-26-57(54,55)56;20-23(21,22)13-7-6-12-19-16-11-5-4-10-15(16)18-17(19)14-8-2-1-3-9-14;1-2;2*1-5(2,3)4/h3-8,11-24,27-29H,9-10,25-26H2,1-2H3,(H,54,55,56);1-5,8-11H,6-7,12-13H2,(H,20,21,22);1-2H3;2*1H3,(H,2,3,4). The summed E-state index contributed by atoms with van der Waals surface area (Å²) in [6.45, 7) is 9.28. The van der Waals surface area contributed by atoms with Crippen molar-refractivity contribution in [3.8, 4) is 67.5 Å². The summed E-state index contributed by atoms with van der Waals surface area (Å²) in [5, 5.41) is 0. The summed E-state index contributed by atoms with van der Waals surface area (Å²) in [7, 11) is -15.2. The van der Waals surface area contributed by atoms with Crippen molar-refractivity contribution in [2.45, 2.75) is 66.5 Å². The Kier molecular flexibility index (Phi) is 22.8. The molecule has 12 aromatic rings. The van der Waals surface area contributed by atoms with Crippen molar-refractivity contribution in [1.82, 2.24) is 39.0 Å². The molecule has 0 amide bonds. The molecule has 0 aliphatic rings. The van der Waals surface area contributed by atoms with Crippen LogP contribution < -0.4 is 0 Å². The van der Waals surface area contributed by atoms with Crippen LogP contribution in [-0.2, 0) is 53.6 Å². The molecule has 0 bridgehead atoms. The van der Waals surface area contributed by atoms with Crippen molar-refractivity contribution in [3.05, 3.63) is 206 Å². The lowest BCUT2D eigenvalue weighted by Crippen LogP contribution is -2.06. The number of rotatable bonds is 16. The van der Waals surface area contributed by atoms with Gasteiger partial charge in [-0.15, -0.1) is 0 Å². The maximum Gasteiger partial charge on any atom is 0.264 e. The van der Waals surface area contributed by atoms with Crippen molar-refractivity contribution in [2.75, 3.05) is 24.0 Å². The number of nitrogens with zero attached hydrogens (tertiary/aromatic N) is 8. The number of imidazole rings is 2. The van der Waals surface area contributed by atoms with Gasteiger partial charge in [-0.3, -0.25) is 18.2 Å². The molecule has 8 aromatic carbocycles. The topological polar surface area (TPSA) is 305 Å². The number of hydrogen-bond donors (Lipinski definition) is 4. The van der Waals surface area contributed by atoms with Gasteiger partial charge in [0.1, 0.15) is 11.6 Å². The third-order valence-electron chi connectivity index (χ3n) is 14.0. The van der Waals surface area contributed by atoms with E-state index < -0.39 is 40.5 Å². The molecule has 0 spiro atoms. The maximum absolute atomic E-state index is 11.2. The van der Waals surface area contributed by atoms with E-state index in [9.17, 15) is 33.7 Å². The molecule has 20 nitrogen and oxygen atoms in total. The lowest BCUT2D eigenvalue weighted by Gasteiger charge is -2.13. The first kappa shape index (κ1) is 68.9. The van der Waals surface area contributed by atoms with Crippen LogP contribution in [0.1, 0.15) is 50.9 Å². The Morgan fingerprint density at radius 1 is 0.337 bits per heavy atom. The normalized spacial score (nSPS) is 11.6. The predicted octanol–water partition coefficient (Wildman–Crippen LogP) is 13.9. The zero-order valence-electron chi connectivity index (χ0n) is 51.4. The summed E-state index contributed by atoms with van der Waals surface area (Å²) in [4.78, 5) is 30.2. The fourth-order valence-electron chi connectivity index (χ4n) is 10.1. The number of para-hydroxylation sites is 2. The van der Waals surface area contributed by atoms with Gasteiger partial charge in [0.25, 0.3) is 40.5 Å². The highest BCUT2D eigenvalue weighted by Gasteiger charge is 2.19. The third-order valence-corrected chi connectivity index (χ3v) is 15.6. The van der Waals surface area contributed by atoms with Crippen LogP contribution in [0.5, 0.6) is 0 Å². The van der Waals surface area contributed by atoms with Gasteiger partial charge in [0, 0.05) is 40.9 Å². The van der Waals surface area contributed by atoms with Crippen molar-refractivity contribution in [1.29, 1.82) is 0 Å². The Morgan fingerprint density at radius 3 is 1.17 bits per heavy atom. The molecule has 0 saturated carbocycles. The molecular weight excluding hydrogens is 1250 g/mol. The van der Waals surface area contributed by atoms with Crippen molar-refractivity contribution in [3.63, 3.8) is 0 Å². The SMILES string of the molecule is CC.CS(=O)(=O)O.CS(=O)(=O)O.Cc1ccc2nc(-c3ccc(-c4nc5ccc(-c6ccc7c(c6)nc(C)n7CCCCS(=O)(=O)O)cc5nc4-c4ccccc4)cc3)c(-c3ccccc3)nc2c1.O=S(=O)(O)CCCCn1c(-c2ccccc2)nc2ccccc21. The van der Waals surface area contributed by atoms with E-state index in [2.05, 4.69) is 107 Å². The van der Waals surface area contributed by atoms with Gasteiger partial charge in [-0.2, -0.15) is 33.7 Å². The Labute approximate surface area is 535 Å². The molecule has 0 radical (unpaired) electrons. The van der Waals surface area contributed by atoms with Crippen LogP contribution in [0.15, 0.2) is 194 Å². The Morgan fingerprint density at radius 2 is 0.696 bits per heavy atom. The van der Waals surface area contributed by atoms with E-state index in [1.807, 2.05) is 124 Å². The Balaban J connectivity index is 0.000000255. The highest BCUT2D eigenvalue weighted by atomic mass is 32.2. The second kappa shape index (κ2) is 30.4. The van der Waals surface area contributed by atoms with E-state index in [1.165, 1.54) is 0 Å². The molecule has 12 rings (SSSR count). The van der Waals surface area contributed by atoms with Crippen molar-refractivity contribution < 1.29 is 51.9 Å². The number of unbranched alkanes of at least 4 members (excludes halogenated alkanes) is 2. The van der Waals surface area contributed by atoms with Crippen molar-refractivity contribution in [2.24, 2.45) is 0 Å². The lowest BCUT2D eigenvalue weighted by atomic mass is 9.99. The third kappa shape index (κ3) is 19.5. The number of benzene rings is 8. The number of hydrogen-bond acceptors (Lipinski definition) is 14. The van der Waals surface area contributed by atoms with E-state index in [0.29, 0.717) is 51.3 Å². The first-order valence-corrected chi connectivity index (χ1v) is 36.2. The van der Waals surface area contributed by atoms with Crippen LogP contribution in [0.3, 0.4) is 0 Å². The van der Waals surface area contributed by atoms with Gasteiger partial charge in [0.05, 0.1) is 90.9 Å². The lowest BCUT2D eigenvalue weighted by molar-refractivity contribution is 0.476. The molecule has 0 aliphatic heterocycles. The van der Waals surface area contributed by atoms with Gasteiger partial charge < -0.3 is 9.13 Å². The second-order valence-corrected chi connectivity index (χ2v) is 27.3.